The van der Waals surface area contributed by atoms with Gasteiger partial charge in [-0.2, -0.15) is 0 Å². The molecule has 0 unspecified atom stereocenters. The summed E-state index contributed by atoms with van der Waals surface area (Å²) in [5.74, 6) is 0.166. The largest absolute Gasteiger partial charge is 0.447 e. The second-order valence-electron chi connectivity index (χ2n) is 7.12. The lowest BCUT2D eigenvalue weighted by molar-refractivity contribution is 0.0932. The second kappa shape index (κ2) is 11.3. The van der Waals surface area contributed by atoms with Gasteiger partial charge >= 0.3 is 0 Å². The number of carbonyl (C=O) groups excluding carboxylic acids is 1. The lowest BCUT2D eigenvalue weighted by Crippen LogP contribution is -2.28. The van der Waals surface area contributed by atoms with Gasteiger partial charge in [-0.15, -0.1) is 0 Å². The van der Waals surface area contributed by atoms with Gasteiger partial charge in [0, 0.05) is 26.2 Å². The molecule has 31 heavy (non-hydrogen) atoms. The van der Waals surface area contributed by atoms with Crippen molar-refractivity contribution in [3.8, 4) is 0 Å². The van der Waals surface area contributed by atoms with Crippen LogP contribution in [0, 0.1) is 0 Å². The average molecular weight is 462 g/mol. The Labute approximate surface area is 192 Å². The Morgan fingerprint density at radius 2 is 1.94 bits per heavy atom. The SMILES string of the molecule is COCCNC(=O)c1coc(CN(Cc2ccc(Cl)c(Cl)c2)[C@@H](C)c2ccccc2)n1. The molecule has 1 amide bonds. The van der Waals surface area contributed by atoms with Crippen LogP contribution >= 0.6 is 23.2 Å². The first kappa shape index (κ1) is 23.3. The Morgan fingerprint density at radius 3 is 2.65 bits per heavy atom. The van der Waals surface area contributed by atoms with Crippen molar-refractivity contribution in [1.29, 1.82) is 0 Å². The third kappa shape index (κ3) is 6.55. The van der Waals surface area contributed by atoms with Gasteiger partial charge in [-0.1, -0.05) is 59.6 Å². The van der Waals surface area contributed by atoms with Gasteiger partial charge in [0.1, 0.15) is 6.26 Å². The van der Waals surface area contributed by atoms with Crippen molar-refractivity contribution >= 4 is 29.1 Å². The first-order valence-electron chi connectivity index (χ1n) is 9.92. The van der Waals surface area contributed by atoms with E-state index in [-0.39, 0.29) is 17.6 Å². The molecule has 0 aliphatic carbocycles. The van der Waals surface area contributed by atoms with Gasteiger partial charge in [0.2, 0.25) is 5.89 Å². The van der Waals surface area contributed by atoms with Crippen molar-refractivity contribution in [2.75, 3.05) is 20.3 Å². The van der Waals surface area contributed by atoms with Crippen molar-refractivity contribution in [1.82, 2.24) is 15.2 Å². The number of halogens is 2. The van der Waals surface area contributed by atoms with E-state index < -0.39 is 0 Å². The van der Waals surface area contributed by atoms with Gasteiger partial charge in [-0.25, -0.2) is 4.98 Å². The van der Waals surface area contributed by atoms with E-state index in [9.17, 15) is 4.79 Å². The predicted octanol–water partition coefficient (Wildman–Crippen LogP) is 5.12. The zero-order chi connectivity index (χ0) is 22.2. The second-order valence-corrected chi connectivity index (χ2v) is 7.93. The summed E-state index contributed by atoms with van der Waals surface area (Å²) in [5, 5.41) is 3.77. The fraction of sp³-hybridized carbons (Fsp3) is 0.304. The van der Waals surface area contributed by atoms with Gasteiger partial charge in [0.25, 0.3) is 5.91 Å². The van der Waals surface area contributed by atoms with Crippen LogP contribution in [0.2, 0.25) is 10.0 Å². The molecule has 0 spiro atoms. The Hall–Kier alpha value is -2.38. The zero-order valence-electron chi connectivity index (χ0n) is 17.5. The van der Waals surface area contributed by atoms with E-state index in [1.807, 2.05) is 30.3 Å². The summed E-state index contributed by atoms with van der Waals surface area (Å²) < 4.78 is 10.5. The summed E-state index contributed by atoms with van der Waals surface area (Å²) in [6.45, 7) is 3.98. The fourth-order valence-corrected chi connectivity index (χ4v) is 3.48. The molecule has 1 aromatic heterocycles. The number of rotatable bonds is 10. The number of hydrogen-bond acceptors (Lipinski definition) is 5. The Balaban J connectivity index is 1.78. The summed E-state index contributed by atoms with van der Waals surface area (Å²) in [4.78, 5) is 18.8. The first-order chi connectivity index (χ1) is 15.0. The van der Waals surface area contributed by atoms with E-state index in [2.05, 4.69) is 34.3 Å². The highest BCUT2D eigenvalue weighted by Crippen LogP contribution is 2.27. The van der Waals surface area contributed by atoms with Gasteiger partial charge < -0.3 is 14.5 Å². The van der Waals surface area contributed by atoms with Crippen LogP contribution in [-0.2, 0) is 17.8 Å². The molecular weight excluding hydrogens is 437 g/mol. The molecule has 164 valence electrons. The molecule has 3 aromatic rings. The number of nitrogens with one attached hydrogen (secondary N) is 1. The number of methoxy groups -OCH3 is 1. The monoisotopic (exact) mass is 461 g/mol. The Morgan fingerprint density at radius 1 is 1.16 bits per heavy atom. The van der Waals surface area contributed by atoms with Crippen LogP contribution in [0.1, 0.15) is 40.5 Å². The molecular formula is C23H25Cl2N3O3. The minimum atomic E-state index is -0.292. The number of hydrogen-bond donors (Lipinski definition) is 1. The van der Waals surface area contributed by atoms with E-state index in [1.54, 1.807) is 13.2 Å². The lowest BCUT2D eigenvalue weighted by atomic mass is 10.1. The number of nitrogens with zero attached hydrogens (tertiary/aromatic N) is 2. The summed E-state index contributed by atoms with van der Waals surface area (Å²) in [5.41, 5.74) is 2.42. The molecule has 1 heterocycles. The normalized spacial score (nSPS) is 12.2. The van der Waals surface area contributed by atoms with E-state index in [1.165, 1.54) is 6.26 Å². The standard InChI is InChI=1S/C23H25Cl2N3O3/c1-16(18-6-4-3-5-7-18)28(13-17-8-9-19(24)20(25)12-17)14-22-27-21(15-31-22)23(29)26-10-11-30-2/h3-9,12,15-16H,10-11,13-14H2,1-2H3,(H,26,29)/t16-/m0/s1. The van der Waals surface area contributed by atoms with E-state index in [0.29, 0.717) is 42.2 Å². The van der Waals surface area contributed by atoms with Crippen LogP contribution < -0.4 is 5.32 Å². The molecule has 0 bridgehead atoms. The molecule has 0 saturated carbocycles. The number of oxazole rings is 1. The van der Waals surface area contributed by atoms with Gasteiger partial charge in [-0.3, -0.25) is 9.69 Å². The maximum Gasteiger partial charge on any atom is 0.273 e. The minimum absolute atomic E-state index is 0.0709. The molecule has 2 aromatic carbocycles. The molecule has 1 N–H and O–H groups in total. The van der Waals surface area contributed by atoms with Crippen LogP contribution in [0.15, 0.2) is 59.2 Å². The summed E-state index contributed by atoms with van der Waals surface area (Å²) in [6, 6.07) is 15.8. The molecule has 3 rings (SSSR count). The average Bonchev–Trinajstić information content (AvgIpc) is 3.25. The molecule has 0 aliphatic rings. The summed E-state index contributed by atoms with van der Waals surface area (Å²) >= 11 is 12.3. The highest BCUT2D eigenvalue weighted by Gasteiger charge is 2.20. The van der Waals surface area contributed by atoms with Crippen molar-refractivity contribution in [2.24, 2.45) is 0 Å². The number of ether oxygens (including phenoxy) is 1. The van der Waals surface area contributed by atoms with Crippen molar-refractivity contribution in [3.63, 3.8) is 0 Å². The van der Waals surface area contributed by atoms with Crippen molar-refractivity contribution in [3.05, 3.63) is 87.6 Å². The lowest BCUT2D eigenvalue weighted by Gasteiger charge is -2.28. The van der Waals surface area contributed by atoms with Gasteiger partial charge in [0.05, 0.1) is 23.2 Å². The zero-order valence-corrected chi connectivity index (χ0v) is 19.0. The highest BCUT2D eigenvalue weighted by molar-refractivity contribution is 6.42. The molecule has 1 atom stereocenters. The number of benzene rings is 2. The molecule has 6 nitrogen and oxygen atoms in total. The van der Waals surface area contributed by atoms with Crippen LogP contribution in [0.3, 0.4) is 0 Å². The van der Waals surface area contributed by atoms with Crippen LogP contribution in [0.4, 0.5) is 0 Å². The predicted molar refractivity (Wildman–Crippen MR) is 121 cm³/mol. The third-order valence-corrected chi connectivity index (χ3v) is 5.65. The van der Waals surface area contributed by atoms with Crippen molar-refractivity contribution < 1.29 is 13.9 Å². The Kier molecular flexibility index (Phi) is 8.49. The van der Waals surface area contributed by atoms with Gasteiger partial charge in [-0.05, 0) is 30.2 Å². The van der Waals surface area contributed by atoms with Gasteiger partial charge in [0.15, 0.2) is 5.69 Å². The number of aromatic nitrogens is 1. The quantitative estimate of drug-likeness (QED) is 0.424. The highest BCUT2D eigenvalue weighted by atomic mass is 35.5. The smallest absolute Gasteiger partial charge is 0.273 e. The van der Waals surface area contributed by atoms with E-state index >= 15 is 0 Å². The molecule has 0 fully saturated rings. The maximum absolute atomic E-state index is 12.2. The minimum Gasteiger partial charge on any atom is -0.447 e. The summed E-state index contributed by atoms with van der Waals surface area (Å²) in [7, 11) is 1.58. The van der Waals surface area contributed by atoms with Crippen LogP contribution in [0.25, 0.3) is 0 Å². The molecule has 0 aliphatic heterocycles. The molecule has 8 heteroatoms. The topological polar surface area (TPSA) is 67.6 Å². The summed E-state index contributed by atoms with van der Waals surface area (Å²) in [6.07, 6.45) is 1.38. The van der Waals surface area contributed by atoms with Crippen LogP contribution in [0.5, 0.6) is 0 Å². The fourth-order valence-electron chi connectivity index (χ4n) is 3.16. The first-order valence-corrected chi connectivity index (χ1v) is 10.7. The Bertz CT molecular complexity index is 995. The number of carbonyl (C=O) groups is 1. The third-order valence-electron chi connectivity index (χ3n) is 4.91. The molecule has 0 saturated heterocycles. The van der Waals surface area contributed by atoms with Crippen LogP contribution in [-0.4, -0.2) is 36.1 Å². The number of amides is 1. The van der Waals surface area contributed by atoms with E-state index in [0.717, 1.165) is 11.1 Å². The van der Waals surface area contributed by atoms with Crippen molar-refractivity contribution in [2.45, 2.75) is 26.1 Å². The molecule has 0 radical (unpaired) electrons. The van der Waals surface area contributed by atoms with E-state index in [4.69, 9.17) is 32.4 Å². The maximum atomic E-state index is 12.2.